The Morgan fingerprint density at radius 2 is 2.04 bits per heavy atom. The number of thiazole rings is 1. The number of benzene rings is 1. The van der Waals surface area contributed by atoms with Crippen LogP contribution in [-0.4, -0.2) is 37.1 Å². The van der Waals surface area contributed by atoms with Crippen LogP contribution in [0.5, 0.6) is 0 Å². The van der Waals surface area contributed by atoms with E-state index < -0.39 is 15.8 Å². The molecule has 6 nitrogen and oxygen atoms in total. The van der Waals surface area contributed by atoms with Crippen molar-refractivity contribution in [2.45, 2.75) is 46.0 Å². The number of carbonyl (C=O) groups excluding carboxylic acids is 1. The Morgan fingerprint density at radius 1 is 1.30 bits per heavy atom. The second-order valence-corrected chi connectivity index (χ2v) is 9.76. The normalized spacial score (nSPS) is 13.7. The highest BCUT2D eigenvalue weighted by Gasteiger charge is 2.23. The summed E-state index contributed by atoms with van der Waals surface area (Å²) in [6.45, 7) is 4.20. The Bertz CT molecular complexity index is 870. The predicted molar refractivity (Wildman–Crippen MR) is 110 cm³/mol. The van der Waals surface area contributed by atoms with Crippen molar-refractivity contribution >= 4 is 42.9 Å². The van der Waals surface area contributed by atoms with Crippen molar-refractivity contribution in [1.82, 2.24) is 4.98 Å². The van der Waals surface area contributed by atoms with Gasteiger partial charge in [-0.25, -0.2) is 13.4 Å². The van der Waals surface area contributed by atoms with Crippen LogP contribution >= 0.6 is 11.3 Å². The van der Waals surface area contributed by atoms with Gasteiger partial charge in [-0.2, -0.15) is 0 Å². The molecule has 2 aromatic rings. The quantitative estimate of drug-likeness (QED) is 0.409. The van der Waals surface area contributed by atoms with Crippen LogP contribution in [0.3, 0.4) is 0 Å². The third-order valence-corrected chi connectivity index (χ3v) is 5.78. The molecule has 0 N–H and O–H groups in total. The first-order chi connectivity index (χ1) is 12.8. The molecule has 0 saturated carbocycles. The zero-order chi connectivity index (χ0) is 19.9. The molecule has 0 radical (unpaired) electrons. The number of oxime groups is 1. The molecule has 0 saturated heterocycles. The molecule has 1 heterocycles. The summed E-state index contributed by atoms with van der Waals surface area (Å²) in [6, 6.07) is 7.57. The molecule has 0 fully saturated rings. The number of para-hydroxylation sites is 1. The Morgan fingerprint density at radius 3 is 2.67 bits per heavy atom. The van der Waals surface area contributed by atoms with E-state index in [0.29, 0.717) is 11.4 Å². The van der Waals surface area contributed by atoms with Gasteiger partial charge in [-0.3, -0.25) is 4.79 Å². The molecule has 1 aromatic heterocycles. The fraction of sp³-hybridized carbons (Fsp3) is 0.526. The molecule has 0 spiro atoms. The first-order valence-corrected chi connectivity index (χ1v) is 12.0. The first kappa shape index (κ1) is 21.5. The third-order valence-electron chi connectivity index (χ3n) is 4.20. The molecule has 148 valence electrons. The molecular weight excluding hydrogens is 384 g/mol. The van der Waals surface area contributed by atoms with E-state index in [4.69, 9.17) is 4.84 Å². The van der Waals surface area contributed by atoms with Gasteiger partial charge in [-0.15, -0.1) is 11.3 Å². The molecule has 2 rings (SSSR count). The molecule has 0 amide bonds. The van der Waals surface area contributed by atoms with Crippen LogP contribution in [0, 0.1) is 5.92 Å². The molecule has 0 bridgehead atoms. The van der Waals surface area contributed by atoms with Crippen LogP contribution in [0.25, 0.3) is 10.2 Å². The van der Waals surface area contributed by atoms with Crippen LogP contribution in [0.2, 0.25) is 0 Å². The number of fused-ring (bicyclic) bond motifs is 1. The Hall–Kier alpha value is -1.80. The van der Waals surface area contributed by atoms with E-state index in [1.54, 1.807) is 0 Å². The van der Waals surface area contributed by atoms with Crippen LogP contribution in [0.1, 0.15) is 51.0 Å². The summed E-state index contributed by atoms with van der Waals surface area (Å²) in [5, 5.41) is 4.34. The van der Waals surface area contributed by atoms with Crippen LogP contribution in [0.4, 0.5) is 0 Å². The lowest BCUT2D eigenvalue weighted by Gasteiger charge is -2.13. The van der Waals surface area contributed by atoms with E-state index in [2.05, 4.69) is 24.0 Å². The number of unbranched alkanes of at least 4 members (excludes halogenated alkanes) is 1. The van der Waals surface area contributed by atoms with Gasteiger partial charge < -0.3 is 4.84 Å². The largest absolute Gasteiger partial charge is 0.379 e. The number of carbonyl (C=O) groups is 1. The zero-order valence-corrected chi connectivity index (χ0v) is 17.6. The minimum Gasteiger partial charge on any atom is -0.379 e. The highest BCUT2D eigenvalue weighted by molar-refractivity contribution is 7.90. The van der Waals surface area contributed by atoms with Gasteiger partial charge in [-0.1, -0.05) is 56.8 Å². The van der Waals surface area contributed by atoms with Crippen molar-refractivity contribution in [2.75, 3.05) is 12.2 Å². The lowest BCUT2D eigenvalue weighted by Crippen LogP contribution is -2.20. The fourth-order valence-electron chi connectivity index (χ4n) is 2.67. The summed E-state index contributed by atoms with van der Waals surface area (Å²) in [7, 11) is -3.35. The van der Waals surface area contributed by atoms with Crippen molar-refractivity contribution in [3.63, 3.8) is 0 Å². The summed E-state index contributed by atoms with van der Waals surface area (Å²) in [4.78, 5) is 22.4. The van der Waals surface area contributed by atoms with Gasteiger partial charge >= 0.3 is 0 Å². The second kappa shape index (κ2) is 9.94. The molecule has 0 aliphatic rings. The molecule has 0 aliphatic carbocycles. The third kappa shape index (κ3) is 6.70. The van der Waals surface area contributed by atoms with Gasteiger partial charge in [0, 0.05) is 12.7 Å². The van der Waals surface area contributed by atoms with Gasteiger partial charge in [-0.05, 0) is 18.1 Å². The fourth-order valence-corrected chi connectivity index (χ4v) is 3.88. The maximum Gasteiger partial charge on any atom is 0.217 e. The summed E-state index contributed by atoms with van der Waals surface area (Å²) >= 11 is 1.35. The van der Waals surface area contributed by atoms with Gasteiger partial charge in [0.1, 0.15) is 5.01 Å². The Labute approximate surface area is 164 Å². The molecular formula is C19H26N2O4S2. The number of ketones is 1. The highest BCUT2D eigenvalue weighted by Crippen LogP contribution is 2.24. The number of nitrogens with zero attached hydrogens (tertiary/aromatic N) is 2. The van der Waals surface area contributed by atoms with E-state index in [-0.39, 0.29) is 17.4 Å². The van der Waals surface area contributed by atoms with Crippen molar-refractivity contribution in [3.8, 4) is 0 Å². The van der Waals surface area contributed by atoms with Crippen molar-refractivity contribution in [3.05, 3.63) is 29.3 Å². The van der Waals surface area contributed by atoms with Gasteiger partial charge in [0.2, 0.25) is 5.94 Å². The number of rotatable bonds is 11. The maximum atomic E-state index is 12.9. The lowest BCUT2D eigenvalue weighted by atomic mass is 9.92. The number of Topliss-reactive ketones (excluding diaryl/α,β-unsaturated/α-hetero) is 1. The molecule has 27 heavy (non-hydrogen) atoms. The SMILES string of the molecule is CCCCC(CC)CC(=O)/C(=N\OCS(C)(=O)=O)c1nc2ccccc2s1. The predicted octanol–water partition coefficient (Wildman–Crippen LogP) is 4.19. The van der Waals surface area contributed by atoms with Crippen molar-refractivity contribution in [1.29, 1.82) is 0 Å². The molecule has 1 aromatic carbocycles. The minimum absolute atomic E-state index is 0.106. The average molecular weight is 411 g/mol. The van der Waals surface area contributed by atoms with Gasteiger partial charge in [0.25, 0.3) is 0 Å². The van der Waals surface area contributed by atoms with Crippen LogP contribution < -0.4 is 0 Å². The summed E-state index contributed by atoms with van der Waals surface area (Å²) in [5.41, 5.74) is 0.883. The van der Waals surface area contributed by atoms with E-state index in [9.17, 15) is 13.2 Å². The summed E-state index contributed by atoms with van der Waals surface area (Å²) in [5.74, 6) is -0.459. The van der Waals surface area contributed by atoms with Crippen LogP contribution in [0.15, 0.2) is 29.4 Å². The monoisotopic (exact) mass is 410 g/mol. The second-order valence-electron chi connectivity index (χ2n) is 6.64. The zero-order valence-electron chi connectivity index (χ0n) is 16.0. The van der Waals surface area contributed by atoms with E-state index in [0.717, 1.165) is 42.2 Å². The summed E-state index contributed by atoms with van der Waals surface area (Å²) < 4.78 is 23.6. The topological polar surface area (TPSA) is 85.7 Å². The number of sulfone groups is 1. The molecule has 1 atom stereocenters. The molecule has 1 unspecified atom stereocenters. The van der Waals surface area contributed by atoms with Crippen molar-refractivity contribution < 1.29 is 18.0 Å². The highest BCUT2D eigenvalue weighted by atomic mass is 32.2. The van der Waals surface area contributed by atoms with E-state index in [1.165, 1.54) is 11.3 Å². The van der Waals surface area contributed by atoms with E-state index in [1.807, 2.05) is 24.3 Å². The molecule has 8 heteroatoms. The lowest BCUT2D eigenvalue weighted by molar-refractivity contribution is -0.114. The Balaban J connectivity index is 2.28. The van der Waals surface area contributed by atoms with E-state index >= 15 is 0 Å². The minimum atomic E-state index is -3.35. The number of hydrogen-bond acceptors (Lipinski definition) is 7. The average Bonchev–Trinajstić information content (AvgIpc) is 3.04. The van der Waals surface area contributed by atoms with Gasteiger partial charge in [0.15, 0.2) is 21.3 Å². The number of hydrogen-bond donors (Lipinski definition) is 0. The van der Waals surface area contributed by atoms with Crippen LogP contribution in [-0.2, 0) is 19.5 Å². The standard InChI is InChI=1S/C19H26N2O4S2/c1-4-6-9-14(5-2)12-16(22)18(21-25-13-27(3,23)24)19-20-15-10-7-8-11-17(15)26-19/h7-8,10-11,14H,4-6,9,12-13H2,1-3H3/b21-18+. The smallest absolute Gasteiger partial charge is 0.217 e. The molecule has 0 aliphatic heterocycles. The Kier molecular flexibility index (Phi) is 7.91. The summed E-state index contributed by atoms with van der Waals surface area (Å²) in [6.07, 6.45) is 5.46. The van der Waals surface area contributed by atoms with Gasteiger partial charge in [0.05, 0.1) is 10.2 Å². The van der Waals surface area contributed by atoms with Crippen molar-refractivity contribution in [2.24, 2.45) is 11.1 Å². The number of aromatic nitrogens is 1. The first-order valence-electron chi connectivity index (χ1n) is 9.10. The maximum absolute atomic E-state index is 12.9.